The van der Waals surface area contributed by atoms with Crippen LogP contribution in [0.3, 0.4) is 0 Å². The maximum absolute atomic E-state index is 13.4. The van der Waals surface area contributed by atoms with Gasteiger partial charge in [-0.3, -0.25) is 9.59 Å². The maximum Gasteiger partial charge on any atom is 0.243 e. The Balaban J connectivity index is 1.64. The molecule has 3 rings (SSSR count). The fourth-order valence-corrected chi connectivity index (χ4v) is 4.66. The van der Waals surface area contributed by atoms with Crippen molar-refractivity contribution < 1.29 is 19.1 Å². The van der Waals surface area contributed by atoms with Crippen LogP contribution >= 0.6 is 0 Å². The molecule has 0 heterocycles. The number of nitrogens with zero attached hydrogens (tertiary/aromatic N) is 1. The Morgan fingerprint density at radius 3 is 2.37 bits per heavy atom. The van der Waals surface area contributed by atoms with Crippen molar-refractivity contribution in [3.63, 3.8) is 0 Å². The molecule has 190 valence electrons. The van der Waals surface area contributed by atoms with Crippen LogP contribution in [0, 0.1) is 6.92 Å². The summed E-state index contributed by atoms with van der Waals surface area (Å²) in [4.78, 5) is 28.5. The number of carbonyl (C=O) groups excluding carboxylic acids is 2. The summed E-state index contributed by atoms with van der Waals surface area (Å²) in [6.07, 6.45) is 7.08. The van der Waals surface area contributed by atoms with Crippen molar-refractivity contribution in [3.05, 3.63) is 59.7 Å². The Labute approximate surface area is 210 Å². The fourth-order valence-electron chi connectivity index (χ4n) is 4.66. The lowest BCUT2D eigenvalue weighted by atomic mass is 9.95. The van der Waals surface area contributed by atoms with Gasteiger partial charge in [0.15, 0.2) is 0 Å². The van der Waals surface area contributed by atoms with Crippen molar-refractivity contribution in [3.8, 4) is 11.5 Å². The van der Waals surface area contributed by atoms with Gasteiger partial charge in [0, 0.05) is 19.0 Å². The molecule has 0 saturated heterocycles. The molecule has 0 bridgehead atoms. The number of benzene rings is 2. The Morgan fingerprint density at radius 1 is 1.03 bits per heavy atom. The van der Waals surface area contributed by atoms with Crippen LogP contribution in [0.4, 0.5) is 0 Å². The Morgan fingerprint density at radius 2 is 1.71 bits per heavy atom. The number of methoxy groups -OCH3 is 1. The van der Waals surface area contributed by atoms with Crippen LogP contribution in [0.15, 0.2) is 48.5 Å². The van der Waals surface area contributed by atoms with E-state index < -0.39 is 6.04 Å². The van der Waals surface area contributed by atoms with Crippen molar-refractivity contribution in [2.24, 2.45) is 0 Å². The summed E-state index contributed by atoms with van der Waals surface area (Å²) in [6.45, 7) is 4.89. The number of hydrogen-bond donors (Lipinski definition) is 1. The van der Waals surface area contributed by atoms with Gasteiger partial charge in [0.25, 0.3) is 0 Å². The molecule has 6 nitrogen and oxygen atoms in total. The lowest BCUT2D eigenvalue weighted by molar-refractivity contribution is -0.142. The first kappa shape index (κ1) is 26.6. The van der Waals surface area contributed by atoms with E-state index in [0.29, 0.717) is 32.4 Å². The van der Waals surface area contributed by atoms with Crippen LogP contribution in [0.1, 0.15) is 69.4 Å². The highest BCUT2D eigenvalue weighted by atomic mass is 16.5. The van der Waals surface area contributed by atoms with E-state index in [9.17, 15) is 9.59 Å². The van der Waals surface area contributed by atoms with E-state index in [1.165, 1.54) is 6.42 Å². The number of hydrogen-bond acceptors (Lipinski definition) is 4. The molecule has 6 heteroatoms. The zero-order valence-corrected chi connectivity index (χ0v) is 21.4. The highest BCUT2D eigenvalue weighted by molar-refractivity contribution is 5.87. The second-order valence-electron chi connectivity index (χ2n) is 9.34. The minimum Gasteiger partial charge on any atom is -0.497 e. The molecule has 2 aromatic rings. The first-order valence-corrected chi connectivity index (χ1v) is 12.9. The van der Waals surface area contributed by atoms with Crippen LogP contribution in [0.2, 0.25) is 0 Å². The van der Waals surface area contributed by atoms with Gasteiger partial charge in [0.05, 0.1) is 13.7 Å². The monoisotopic (exact) mass is 480 g/mol. The van der Waals surface area contributed by atoms with Crippen molar-refractivity contribution in [1.82, 2.24) is 10.2 Å². The molecule has 35 heavy (non-hydrogen) atoms. The van der Waals surface area contributed by atoms with E-state index in [1.807, 2.05) is 62.4 Å². The third-order valence-corrected chi connectivity index (χ3v) is 6.80. The van der Waals surface area contributed by atoms with E-state index in [0.717, 1.165) is 48.3 Å². The van der Waals surface area contributed by atoms with Gasteiger partial charge >= 0.3 is 0 Å². The summed E-state index contributed by atoms with van der Waals surface area (Å²) in [5.41, 5.74) is 2.19. The minimum atomic E-state index is -0.480. The van der Waals surface area contributed by atoms with E-state index >= 15 is 0 Å². The zero-order chi connectivity index (χ0) is 25.0. The molecule has 2 aromatic carbocycles. The van der Waals surface area contributed by atoms with Gasteiger partial charge < -0.3 is 19.7 Å². The summed E-state index contributed by atoms with van der Waals surface area (Å²) in [6, 6.07) is 15.2. The van der Waals surface area contributed by atoms with E-state index in [2.05, 4.69) is 5.32 Å². The summed E-state index contributed by atoms with van der Waals surface area (Å²) in [5, 5.41) is 3.24. The third-order valence-electron chi connectivity index (χ3n) is 6.80. The van der Waals surface area contributed by atoms with Gasteiger partial charge in [-0.25, -0.2) is 0 Å². The highest BCUT2D eigenvalue weighted by Crippen LogP contribution is 2.21. The number of ether oxygens (including phenoxy) is 2. The van der Waals surface area contributed by atoms with Gasteiger partial charge in [-0.1, -0.05) is 50.5 Å². The predicted octanol–water partition coefficient (Wildman–Crippen LogP) is 5.42. The lowest BCUT2D eigenvalue weighted by Gasteiger charge is -2.33. The number of carbonyl (C=O) groups is 2. The number of rotatable bonds is 12. The van der Waals surface area contributed by atoms with Crippen LogP contribution in [-0.2, 0) is 16.1 Å². The number of nitrogens with one attached hydrogen (secondary N) is 1. The standard InChI is InChI=1S/C29H40N2O4/c1-4-27(29(33)30-24-13-6-5-7-14-24)31(21-23-12-9-8-11-22(23)2)28(32)15-10-20-35-26-18-16-25(34-3)17-19-26/h8-9,11-12,16-19,24,27H,4-7,10,13-15,20-21H2,1-3H3,(H,30,33). The third kappa shape index (κ3) is 8.01. The molecule has 1 fully saturated rings. The lowest BCUT2D eigenvalue weighted by Crippen LogP contribution is -2.51. The molecule has 0 aromatic heterocycles. The average molecular weight is 481 g/mol. The quantitative estimate of drug-likeness (QED) is 0.412. The van der Waals surface area contributed by atoms with Crippen LogP contribution < -0.4 is 14.8 Å². The predicted molar refractivity (Wildman–Crippen MR) is 139 cm³/mol. The van der Waals surface area contributed by atoms with Crippen LogP contribution in [-0.4, -0.2) is 42.5 Å². The van der Waals surface area contributed by atoms with Gasteiger partial charge in [0.2, 0.25) is 11.8 Å². The van der Waals surface area contributed by atoms with Crippen molar-refractivity contribution >= 4 is 11.8 Å². The average Bonchev–Trinajstić information content (AvgIpc) is 2.88. The number of amides is 2. The first-order valence-electron chi connectivity index (χ1n) is 12.9. The smallest absolute Gasteiger partial charge is 0.243 e. The molecule has 1 aliphatic rings. The second kappa shape index (κ2) is 13.8. The zero-order valence-electron chi connectivity index (χ0n) is 21.4. The summed E-state index contributed by atoms with van der Waals surface area (Å²) < 4.78 is 11.0. The largest absolute Gasteiger partial charge is 0.497 e. The molecule has 2 amide bonds. The van der Waals surface area contributed by atoms with Crippen molar-refractivity contribution in [1.29, 1.82) is 0 Å². The normalized spacial score (nSPS) is 14.7. The molecule has 1 saturated carbocycles. The number of aryl methyl sites for hydroxylation is 1. The minimum absolute atomic E-state index is 0.0165. The Hall–Kier alpha value is -3.02. The van der Waals surface area contributed by atoms with E-state index in [-0.39, 0.29) is 17.9 Å². The molecular formula is C29H40N2O4. The molecule has 1 N–H and O–H groups in total. The van der Waals surface area contributed by atoms with Gasteiger partial charge in [-0.2, -0.15) is 0 Å². The van der Waals surface area contributed by atoms with Crippen molar-refractivity contribution in [2.75, 3.05) is 13.7 Å². The fraction of sp³-hybridized carbons (Fsp3) is 0.517. The SMILES string of the molecule is CCC(C(=O)NC1CCCCC1)N(Cc1ccccc1C)C(=O)CCCOc1ccc(OC)cc1. The summed E-state index contributed by atoms with van der Waals surface area (Å²) in [7, 11) is 1.63. The maximum atomic E-state index is 13.4. The van der Waals surface area contributed by atoms with E-state index in [4.69, 9.17) is 9.47 Å². The van der Waals surface area contributed by atoms with Gasteiger partial charge in [-0.05, 0) is 68.0 Å². The first-order chi connectivity index (χ1) is 17.0. The van der Waals surface area contributed by atoms with Crippen LogP contribution in [0.5, 0.6) is 11.5 Å². The highest BCUT2D eigenvalue weighted by Gasteiger charge is 2.30. The topological polar surface area (TPSA) is 67.9 Å². The molecule has 1 aliphatic carbocycles. The Bertz CT molecular complexity index is 938. The molecule has 0 spiro atoms. The van der Waals surface area contributed by atoms with Gasteiger partial charge in [-0.15, -0.1) is 0 Å². The van der Waals surface area contributed by atoms with Gasteiger partial charge in [0.1, 0.15) is 17.5 Å². The molecule has 1 unspecified atom stereocenters. The Kier molecular flexibility index (Phi) is 10.5. The van der Waals surface area contributed by atoms with Crippen LogP contribution in [0.25, 0.3) is 0 Å². The molecule has 1 atom stereocenters. The molecule has 0 radical (unpaired) electrons. The summed E-state index contributed by atoms with van der Waals surface area (Å²) >= 11 is 0. The van der Waals surface area contributed by atoms with Crippen molar-refractivity contribution in [2.45, 2.75) is 83.8 Å². The summed E-state index contributed by atoms with van der Waals surface area (Å²) in [5.74, 6) is 1.47. The second-order valence-corrected chi connectivity index (χ2v) is 9.34. The molecular weight excluding hydrogens is 440 g/mol. The van der Waals surface area contributed by atoms with E-state index in [1.54, 1.807) is 12.0 Å². The molecule has 0 aliphatic heterocycles.